The van der Waals surface area contributed by atoms with E-state index < -0.39 is 0 Å². The molecular weight excluding hydrogens is 266 g/mol. The number of amides is 2. The Morgan fingerprint density at radius 2 is 1.76 bits per heavy atom. The molecule has 0 heterocycles. The number of anilines is 2. The van der Waals surface area contributed by atoms with Gasteiger partial charge in [-0.25, -0.2) is 0 Å². The Hall–Kier alpha value is -1.88. The van der Waals surface area contributed by atoms with Gasteiger partial charge in [-0.05, 0) is 56.3 Å². The largest absolute Gasteiger partial charge is 0.330 e. The summed E-state index contributed by atoms with van der Waals surface area (Å²) >= 11 is 0. The second-order valence-electron chi connectivity index (χ2n) is 5.70. The summed E-state index contributed by atoms with van der Waals surface area (Å²) < 4.78 is 0. The first kappa shape index (κ1) is 15.5. The van der Waals surface area contributed by atoms with Gasteiger partial charge in [-0.2, -0.15) is 0 Å². The Labute approximate surface area is 125 Å². The molecular formula is C16H23N3O2. The van der Waals surface area contributed by atoms with E-state index in [1.165, 1.54) is 6.92 Å². The first-order valence-corrected chi connectivity index (χ1v) is 7.47. The zero-order valence-electron chi connectivity index (χ0n) is 12.4. The van der Waals surface area contributed by atoms with Crippen molar-refractivity contribution in [3.8, 4) is 0 Å². The van der Waals surface area contributed by atoms with Crippen molar-refractivity contribution in [2.75, 3.05) is 17.2 Å². The van der Waals surface area contributed by atoms with Gasteiger partial charge in [0.25, 0.3) is 0 Å². The van der Waals surface area contributed by atoms with Crippen molar-refractivity contribution in [2.24, 2.45) is 17.6 Å². The second-order valence-corrected chi connectivity index (χ2v) is 5.70. The van der Waals surface area contributed by atoms with Crippen LogP contribution >= 0.6 is 0 Å². The molecule has 2 rings (SSSR count). The van der Waals surface area contributed by atoms with Crippen LogP contribution < -0.4 is 16.4 Å². The fourth-order valence-corrected chi connectivity index (χ4v) is 2.78. The molecule has 1 aliphatic carbocycles. The predicted octanol–water partition coefficient (Wildman–Crippen LogP) is 2.35. The van der Waals surface area contributed by atoms with Gasteiger partial charge in [-0.3, -0.25) is 9.59 Å². The van der Waals surface area contributed by atoms with Crippen LogP contribution in [0.25, 0.3) is 0 Å². The van der Waals surface area contributed by atoms with Crippen LogP contribution in [-0.4, -0.2) is 18.4 Å². The Morgan fingerprint density at radius 1 is 1.14 bits per heavy atom. The fourth-order valence-electron chi connectivity index (χ4n) is 2.78. The van der Waals surface area contributed by atoms with Crippen molar-refractivity contribution in [1.29, 1.82) is 0 Å². The number of rotatable bonds is 4. The molecule has 21 heavy (non-hydrogen) atoms. The minimum Gasteiger partial charge on any atom is -0.330 e. The number of benzene rings is 1. The van der Waals surface area contributed by atoms with Gasteiger partial charge in [-0.1, -0.05) is 6.07 Å². The highest BCUT2D eigenvalue weighted by Crippen LogP contribution is 2.29. The van der Waals surface area contributed by atoms with Crippen LogP contribution in [-0.2, 0) is 9.59 Å². The molecule has 0 spiro atoms. The van der Waals surface area contributed by atoms with Crippen LogP contribution in [0.4, 0.5) is 11.4 Å². The minimum absolute atomic E-state index is 0.0606. The molecule has 4 N–H and O–H groups in total. The zero-order valence-corrected chi connectivity index (χ0v) is 12.4. The van der Waals surface area contributed by atoms with Gasteiger partial charge in [-0.15, -0.1) is 0 Å². The van der Waals surface area contributed by atoms with Gasteiger partial charge in [0.05, 0.1) is 0 Å². The number of nitrogens with two attached hydrogens (primary N) is 1. The highest BCUT2D eigenvalue weighted by molar-refractivity contribution is 5.94. The summed E-state index contributed by atoms with van der Waals surface area (Å²) in [6, 6.07) is 7.20. The molecule has 0 radical (unpaired) electrons. The summed E-state index contributed by atoms with van der Waals surface area (Å²) in [5.74, 6) is 0.568. The Balaban J connectivity index is 1.92. The van der Waals surface area contributed by atoms with Gasteiger partial charge in [0.1, 0.15) is 0 Å². The third kappa shape index (κ3) is 4.56. The van der Waals surface area contributed by atoms with Crippen molar-refractivity contribution < 1.29 is 9.59 Å². The third-order valence-electron chi connectivity index (χ3n) is 4.00. The van der Waals surface area contributed by atoms with Crippen LogP contribution in [0.5, 0.6) is 0 Å². The van der Waals surface area contributed by atoms with Crippen molar-refractivity contribution in [1.82, 2.24) is 0 Å². The first-order chi connectivity index (χ1) is 10.1. The molecule has 0 saturated heterocycles. The van der Waals surface area contributed by atoms with Gasteiger partial charge in [0.15, 0.2) is 0 Å². The van der Waals surface area contributed by atoms with Crippen LogP contribution in [0.15, 0.2) is 24.3 Å². The number of hydrogen-bond acceptors (Lipinski definition) is 3. The smallest absolute Gasteiger partial charge is 0.227 e. The highest BCUT2D eigenvalue weighted by Gasteiger charge is 2.25. The minimum atomic E-state index is -0.126. The summed E-state index contributed by atoms with van der Waals surface area (Å²) in [5.41, 5.74) is 7.07. The Morgan fingerprint density at radius 3 is 2.33 bits per heavy atom. The van der Waals surface area contributed by atoms with E-state index in [9.17, 15) is 9.59 Å². The number of nitrogens with one attached hydrogen (secondary N) is 2. The molecule has 0 atom stereocenters. The van der Waals surface area contributed by atoms with Crippen LogP contribution in [0.3, 0.4) is 0 Å². The Bertz CT molecular complexity index is 508. The summed E-state index contributed by atoms with van der Waals surface area (Å²) in [7, 11) is 0. The average molecular weight is 289 g/mol. The average Bonchev–Trinajstić information content (AvgIpc) is 2.47. The molecule has 114 valence electrons. The predicted molar refractivity (Wildman–Crippen MR) is 83.9 cm³/mol. The summed E-state index contributed by atoms with van der Waals surface area (Å²) in [5, 5.41) is 5.64. The monoisotopic (exact) mass is 289 g/mol. The van der Waals surface area contributed by atoms with E-state index in [0.717, 1.165) is 25.7 Å². The van der Waals surface area contributed by atoms with Crippen LogP contribution in [0, 0.1) is 11.8 Å². The van der Waals surface area contributed by atoms with Crippen molar-refractivity contribution in [2.45, 2.75) is 32.6 Å². The molecule has 1 aromatic carbocycles. The van der Waals surface area contributed by atoms with E-state index >= 15 is 0 Å². The molecule has 0 unspecified atom stereocenters. The molecule has 1 aliphatic rings. The molecule has 0 aliphatic heterocycles. The zero-order chi connectivity index (χ0) is 15.2. The van der Waals surface area contributed by atoms with Gasteiger partial charge < -0.3 is 16.4 Å². The Kier molecular flexibility index (Phi) is 5.33. The maximum atomic E-state index is 12.3. The van der Waals surface area contributed by atoms with Gasteiger partial charge in [0.2, 0.25) is 11.8 Å². The lowest BCUT2D eigenvalue weighted by Gasteiger charge is -2.26. The number of carbonyl (C=O) groups is 2. The lowest BCUT2D eigenvalue weighted by molar-refractivity contribution is -0.121. The lowest BCUT2D eigenvalue weighted by atomic mass is 9.81. The maximum absolute atomic E-state index is 12.3. The maximum Gasteiger partial charge on any atom is 0.227 e. The van der Waals surface area contributed by atoms with E-state index in [-0.39, 0.29) is 17.7 Å². The molecule has 5 nitrogen and oxygen atoms in total. The molecule has 2 amide bonds. The molecule has 0 bridgehead atoms. The normalized spacial score (nSPS) is 21.6. The molecule has 1 saturated carbocycles. The quantitative estimate of drug-likeness (QED) is 0.795. The van der Waals surface area contributed by atoms with E-state index in [4.69, 9.17) is 5.73 Å². The van der Waals surface area contributed by atoms with E-state index in [1.54, 1.807) is 12.1 Å². The third-order valence-corrected chi connectivity index (χ3v) is 4.00. The fraction of sp³-hybridized carbons (Fsp3) is 0.500. The molecule has 1 fully saturated rings. The van der Waals surface area contributed by atoms with Crippen molar-refractivity contribution in [3.63, 3.8) is 0 Å². The molecule has 5 heteroatoms. The number of hydrogen-bond donors (Lipinski definition) is 3. The van der Waals surface area contributed by atoms with Crippen LogP contribution in [0.1, 0.15) is 32.6 Å². The topological polar surface area (TPSA) is 84.2 Å². The highest BCUT2D eigenvalue weighted by atomic mass is 16.2. The van der Waals surface area contributed by atoms with Crippen molar-refractivity contribution >= 4 is 23.2 Å². The van der Waals surface area contributed by atoms with E-state index in [2.05, 4.69) is 10.6 Å². The summed E-state index contributed by atoms with van der Waals surface area (Å²) in [4.78, 5) is 23.3. The van der Waals surface area contributed by atoms with Gasteiger partial charge >= 0.3 is 0 Å². The summed E-state index contributed by atoms with van der Waals surface area (Å²) in [6.45, 7) is 2.17. The van der Waals surface area contributed by atoms with Crippen LogP contribution in [0.2, 0.25) is 0 Å². The van der Waals surface area contributed by atoms with Crippen molar-refractivity contribution in [3.05, 3.63) is 24.3 Å². The molecule has 0 aromatic heterocycles. The lowest BCUT2D eigenvalue weighted by Crippen LogP contribution is -2.29. The standard InChI is InChI=1S/C16H23N3O2/c1-11(20)18-14-3-2-4-15(9-14)19-16(21)13-7-5-12(10-17)6-8-13/h2-4,9,12-13H,5-8,10,17H2,1H3,(H,18,20)(H,19,21). The molecule has 1 aromatic rings. The SMILES string of the molecule is CC(=O)Nc1cccc(NC(=O)C2CCC(CN)CC2)c1. The first-order valence-electron chi connectivity index (χ1n) is 7.47. The van der Waals surface area contributed by atoms with E-state index in [0.29, 0.717) is 23.8 Å². The second kappa shape index (κ2) is 7.22. The summed E-state index contributed by atoms with van der Waals surface area (Å²) in [6.07, 6.45) is 3.86. The van der Waals surface area contributed by atoms with Gasteiger partial charge in [0, 0.05) is 24.2 Å². The van der Waals surface area contributed by atoms with E-state index in [1.807, 2.05) is 12.1 Å². The number of carbonyl (C=O) groups excluding carboxylic acids is 2.